The normalized spacial score (nSPS) is 14.3. The van der Waals surface area contributed by atoms with Gasteiger partial charge in [0.15, 0.2) is 0 Å². The maximum atomic E-state index is 11.1. The van der Waals surface area contributed by atoms with Gasteiger partial charge in [-0.05, 0) is 106 Å². The molecule has 0 bridgehead atoms. The molecule has 0 aliphatic rings. The molecule has 5 atom stereocenters. The van der Waals surface area contributed by atoms with Crippen molar-refractivity contribution in [1.82, 2.24) is 15.5 Å². The molecule has 0 aliphatic carbocycles. The highest BCUT2D eigenvalue weighted by atomic mass is 35.5. The van der Waals surface area contributed by atoms with Crippen molar-refractivity contribution >= 4 is 24.3 Å². The standard InChI is InChI=1S/C10H22.C9H22N2.C9H19NO.C9H21N.C8H16O2.CH5N.ClH/c1-6-7-9(2)8-10(3,4)5;1-9(2,3)6-8(10)7-11(4)5;1-7(8(11)10-5)6-9(2,3)4;1-8(7-10-5)6-9(2,3)4;1-6(7(9)10)5-8(2,3)4;1-2;/h9H,6-8H2,1-5H3;8H,6-7,10H2,1-5H3;7H,6H2,1-5H3,(H,10,11);8,10H,6-7H2,1-5H3;6H,5H2,1-4H3,(H,9,10);2H2,1H3;1H/t9-;8-;7-;8-;6-;;/m10000../s1. The molecule has 7 N–H and O–H groups in total. The van der Waals surface area contributed by atoms with Gasteiger partial charge in [0, 0.05) is 25.6 Å². The number of hydrogen-bond donors (Lipinski definition) is 5. The molecule has 8 nitrogen and oxygen atoms in total. The Labute approximate surface area is 353 Å². The summed E-state index contributed by atoms with van der Waals surface area (Å²) in [6.45, 7) is 45.8. The van der Waals surface area contributed by atoms with E-state index >= 15 is 0 Å². The highest BCUT2D eigenvalue weighted by Crippen LogP contribution is 2.27. The van der Waals surface area contributed by atoms with Crippen molar-refractivity contribution in [3.8, 4) is 0 Å². The van der Waals surface area contributed by atoms with E-state index in [1.807, 2.05) is 34.7 Å². The summed E-state index contributed by atoms with van der Waals surface area (Å²) in [4.78, 5) is 23.6. The van der Waals surface area contributed by atoms with E-state index in [1.54, 1.807) is 14.0 Å². The Kier molecular flexibility index (Phi) is 43.8. The quantitative estimate of drug-likeness (QED) is 0.125. The Balaban J connectivity index is -0.000000103. The summed E-state index contributed by atoms with van der Waals surface area (Å²) >= 11 is 0. The topological polar surface area (TPSA) is 134 Å². The van der Waals surface area contributed by atoms with E-state index in [4.69, 9.17) is 10.8 Å². The Morgan fingerprint density at radius 1 is 0.618 bits per heavy atom. The zero-order valence-electron chi connectivity index (χ0n) is 42.0. The van der Waals surface area contributed by atoms with Crippen molar-refractivity contribution < 1.29 is 14.7 Å². The second-order valence-corrected chi connectivity index (χ2v) is 22.2. The number of nitrogens with two attached hydrogens (primary N) is 2. The van der Waals surface area contributed by atoms with Crippen LogP contribution in [0.2, 0.25) is 0 Å². The molecule has 0 aromatic heterocycles. The SMILES string of the molecule is CCC[C@@H](C)CC(C)(C)C.CN.CN(C)C[C@@H](N)CC(C)(C)C.CNC(=O)[C@@H](C)CC(C)(C)C.CNC[C@@H](C)CC(C)(C)C.C[C@@H](CC(C)(C)C)C(=O)O.Cl. The fourth-order valence-corrected chi connectivity index (χ4v) is 6.69. The number of halogens is 1. The Morgan fingerprint density at radius 2 is 0.945 bits per heavy atom. The van der Waals surface area contributed by atoms with Crippen LogP contribution >= 0.6 is 12.4 Å². The van der Waals surface area contributed by atoms with E-state index in [0.29, 0.717) is 22.3 Å². The van der Waals surface area contributed by atoms with Crippen molar-refractivity contribution in [2.24, 2.45) is 62.2 Å². The largest absolute Gasteiger partial charge is 0.481 e. The van der Waals surface area contributed by atoms with Gasteiger partial charge in [-0.1, -0.05) is 151 Å². The number of amides is 1. The molecule has 0 saturated heterocycles. The van der Waals surface area contributed by atoms with E-state index in [1.165, 1.54) is 32.7 Å². The monoisotopic (exact) mass is 812 g/mol. The molecule has 0 aliphatic heterocycles. The molecule has 0 rings (SSSR count). The molecule has 0 saturated carbocycles. The number of nitrogens with zero attached hydrogens (tertiary/aromatic N) is 1. The zero-order chi connectivity index (χ0) is 44.9. The average Bonchev–Trinajstić information content (AvgIpc) is 2.90. The Bertz CT molecular complexity index is 839. The van der Waals surface area contributed by atoms with Gasteiger partial charge in [-0.25, -0.2) is 0 Å². The molecule has 0 fully saturated rings. The second-order valence-electron chi connectivity index (χ2n) is 22.2. The predicted molar refractivity (Wildman–Crippen MR) is 251 cm³/mol. The summed E-state index contributed by atoms with van der Waals surface area (Å²) in [5, 5.41) is 14.4. The van der Waals surface area contributed by atoms with Gasteiger partial charge in [0.25, 0.3) is 0 Å². The number of hydrogen-bond acceptors (Lipinski definition) is 6. The van der Waals surface area contributed by atoms with Crippen LogP contribution < -0.4 is 22.1 Å². The van der Waals surface area contributed by atoms with Crippen LogP contribution in [0.1, 0.15) is 183 Å². The van der Waals surface area contributed by atoms with E-state index in [-0.39, 0.29) is 41.0 Å². The second kappa shape index (κ2) is 35.1. The number of nitrogens with one attached hydrogen (secondary N) is 2. The summed E-state index contributed by atoms with van der Waals surface area (Å²) in [6, 6.07) is 0.310. The minimum atomic E-state index is -0.699. The molecular formula is C46H106ClN5O3. The van der Waals surface area contributed by atoms with E-state index < -0.39 is 5.97 Å². The highest BCUT2D eigenvalue weighted by molar-refractivity contribution is 5.85. The summed E-state index contributed by atoms with van der Waals surface area (Å²) in [7, 11) is 9.31. The Morgan fingerprint density at radius 3 is 1.18 bits per heavy atom. The third kappa shape index (κ3) is 71.3. The number of carbonyl (C=O) groups excluding carboxylic acids is 1. The lowest BCUT2D eigenvalue weighted by atomic mass is 9.84. The molecule has 0 unspecified atom stereocenters. The number of carboxylic acids is 1. The maximum Gasteiger partial charge on any atom is 0.306 e. The minimum absolute atomic E-state index is 0. The van der Waals surface area contributed by atoms with Crippen LogP contribution in [-0.2, 0) is 9.59 Å². The van der Waals surface area contributed by atoms with Crippen LogP contribution in [0.5, 0.6) is 0 Å². The summed E-state index contributed by atoms with van der Waals surface area (Å²) in [6.07, 6.45) is 8.14. The third-order valence-corrected chi connectivity index (χ3v) is 7.68. The third-order valence-electron chi connectivity index (χ3n) is 7.68. The van der Waals surface area contributed by atoms with Crippen molar-refractivity contribution in [2.45, 2.75) is 189 Å². The molecule has 0 radical (unpaired) electrons. The van der Waals surface area contributed by atoms with Crippen molar-refractivity contribution in [1.29, 1.82) is 0 Å². The van der Waals surface area contributed by atoms with Gasteiger partial charge in [-0.2, -0.15) is 0 Å². The smallest absolute Gasteiger partial charge is 0.306 e. The lowest BCUT2D eigenvalue weighted by Crippen LogP contribution is -2.36. The first-order chi connectivity index (χ1) is 23.9. The van der Waals surface area contributed by atoms with Crippen LogP contribution in [-0.4, -0.2) is 76.3 Å². The molecule has 340 valence electrons. The average molecular weight is 813 g/mol. The zero-order valence-corrected chi connectivity index (χ0v) is 42.8. The predicted octanol–water partition coefficient (Wildman–Crippen LogP) is 11.4. The van der Waals surface area contributed by atoms with Gasteiger partial charge < -0.3 is 32.1 Å². The number of aliphatic carboxylic acids is 1. The summed E-state index contributed by atoms with van der Waals surface area (Å²) < 4.78 is 0. The van der Waals surface area contributed by atoms with Gasteiger partial charge in [-0.15, -0.1) is 12.4 Å². The first kappa shape index (κ1) is 68.7. The van der Waals surface area contributed by atoms with E-state index in [9.17, 15) is 9.59 Å². The van der Waals surface area contributed by atoms with Crippen molar-refractivity contribution in [3.05, 3.63) is 0 Å². The lowest BCUT2D eigenvalue weighted by Gasteiger charge is -2.25. The molecule has 0 aromatic rings. The van der Waals surface area contributed by atoms with Crippen molar-refractivity contribution in [2.75, 3.05) is 48.3 Å². The molecule has 0 heterocycles. The first-order valence-corrected chi connectivity index (χ1v) is 21.0. The Hall–Kier alpha value is -0.930. The minimum Gasteiger partial charge on any atom is -0.481 e. The molecule has 0 aromatic carbocycles. The van der Waals surface area contributed by atoms with Gasteiger partial charge in [0.05, 0.1) is 5.92 Å². The summed E-state index contributed by atoms with van der Waals surface area (Å²) in [5.41, 5.74) is 12.1. The van der Waals surface area contributed by atoms with Crippen LogP contribution in [0, 0.1) is 50.7 Å². The number of likely N-dealkylation sites (N-methyl/N-ethyl adjacent to an activating group) is 1. The molecule has 1 amide bonds. The first-order valence-electron chi connectivity index (χ1n) is 21.0. The van der Waals surface area contributed by atoms with E-state index in [2.05, 4.69) is 139 Å². The molecule has 9 heteroatoms. The number of carbonyl (C=O) groups is 2. The van der Waals surface area contributed by atoms with Gasteiger partial charge in [-0.3, -0.25) is 9.59 Å². The molecular weight excluding hydrogens is 706 g/mol. The summed E-state index contributed by atoms with van der Waals surface area (Å²) in [5.74, 6) is 1.05. The van der Waals surface area contributed by atoms with Gasteiger partial charge in [0.2, 0.25) is 5.91 Å². The van der Waals surface area contributed by atoms with Crippen molar-refractivity contribution in [3.63, 3.8) is 0 Å². The van der Waals surface area contributed by atoms with Crippen LogP contribution in [0.15, 0.2) is 0 Å². The highest BCUT2D eigenvalue weighted by Gasteiger charge is 2.21. The van der Waals surface area contributed by atoms with Gasteiger partial charge >= 0.3 is 5.97 Å². The van der Waals surface area contributed by atoms with Crippen LogP contribution in [0.4, 0.5) is 0 Å². The molecule has 55 heavy (non-hydrogen) atoms. The van der Waals surface area contributed by atoms with Crippen LogP contribution in [0.25, 0.3) is 0 Å². The fraction of sp³-hybridized carbons (Fsp3) is 0.957. The number of rotatable bonds is 13. The maximum absolute atomic E-state index is 11.1. The van der Waals surface area contributed by atoms with Crippen LogP contribution in [0.3, 0.4) is 0 Å². The molecule has 0 spiro atoms. The fourth-order valence-electron chi connectivity index (χ4n) is 6.69. The number of carboxylic acid groups (broad SMARTS) is 1. The lowest BCUT2D eigenvalue weighted by molar-refractivity contribution is -0.142. The van der Waals surface area contributed by atoms with Gasteiger partial charge in [0.1, 0.15) is 0 Å². The van der Waals surface area contributed by atoms with E-state index in [0.717, 1.165) is 44.2 Å².